The monoisotopic (exact) mass is 354 g/mol. The second-order valence-electron chi connectivity index (χ2n) is 7.63. The molecular weight excluding hydrogens is 308 g/mol. The molecule has 0 N–H and O–H groups in total. The minimum atomic E-state index is -0.0113. The lowest BCUT2D eigenvalue weighted by Crippen LogP contribution is -2.05. The van der Waals surface area contributed by atoms with E-state index in [1.54, 1.807) is 0 Å². The summed E-state index contributed by atoms with van der Waals surface area (Å²) in [6, 6.07) is 0. The number of hydrogen-bond donors (Lipinski definition) is 0. The van der Waals surface area contributed by atoms with Crippen LogP contribution in [-0.4, -0.2) is 12.6 Å². The van der Waals surface area contributed by atoms with Crippen LogP contribution in [0.3, 0.4) is 0 Å². The van der Waals surface area contributed by atoms with Gasteiger partial charge in [-0.05, 0) is 12.8 Å². The van der Waals surface area contributed by atoms with Crippen molar-refractivity contribution in [2.24, 2.45) is 0 Å². The Morgan fingerprint density at radius 3 is 1.28 bits per heavy atom. The predicted molar refractivity (Wildman–Crippen MR) is 110 cm³/mol. The highest BCUT2D eigenvalue weighted by molar-refractivity contribution is 5.69. The fraction of sp³-hybridized carbons (Fsp3) is 0.957. The van der Waals surface area contributed by atoms with Crippen LogP contribution in [0.4, 0.5) is 0 Å². The average molecular weight is 355 g/mol. The molecule has 0 amide bonds. The molecule has 0 saturated heterocycles. The Kier molecular flexibility index (Phi) is 21.1. The predicted octanol–water partition coefficient (Wildman–Crippen LogP) is 7.98. The van der Waals surface area contributed by atoms with Crippen LogP contribution in [0, 0.1) is 0 Å². The molecule has 0 aliphatic rings. The Morgan fingerprint density at radius 2 is 0.880 bits per heavy atom. The number of unbranched alkanes of at least 4 members (excludes halogenated alkanes) is 16. The first-order chi connectivity index (χ1) is 12.3. The van der Waals surface area contributed by atoms with Gasteiger partial charge in [0.05, 0.1) is 6.61 Å². The van der Waals surface area contributed by atoms with Gasteiger partial charge in [-0.25, -0.2) is 0 Å². The molecule has 2 heteroatoms. The van der Waals surface area contributed by atoms with Gasteiger partial charge >= 0.3 is 5.97 Å². The third kappa shape index (κ3) is 21.4. The van der Waals surface area contributed by atoms with Gasteiger partial charge in [-0.1, -0.05) is 117 Å². The van der Waals surface area contributed by atoms with E-state index in [-0.39, 0.29) is 5.97 Å². The molecule has 0 aromatic rings. The minimum absolute atomic E-state index is 0.0113. The van der Waals surface area contributed by atoms with Gasteiger partial charge in [0.25, 0.3) is 0 Å². The third-order valence-corrected chi connectivity index (χ3v) is 5.00. The van der Waals surface area contributed by atoms with Crippen molar-refractivity contribution < 1.29 is 9.53 Å². The van der Waals surface area contributed by atoms with E-state index in [9.17, 15) is 4.79 Å². The molecule has 0 aromatic heterocycles. The molecule has 0 saturated carbocycles. The smallest absolute Gasteiger partial charge is 0.305 e. The molecule has 0 aliphatic carbocycles. The van der Waals surface area contributed by atoms with E-state index in [1.165, 1.54) is 96.3 Å². The van der Waals surface area contributed by atoms with Crippen molar-refractivity contribution in [2.45, 2.75) is 136 Å². The number of carbonyl (C=O) groups is 1. The maximum atomic E-state index is 11.3. The van der Waals surface area contributed by atoms with Crippen molar-refractivity contribution >= 4 is 5.97 Å². The Balaban J connectivity index is 3.04. The molecule has 0 fully saturated rings. The summed E-state index contributed by atoms with van der Waals surface area (Å²) in [6.45, 7) is 5.01. The minimum Gasteiger partial charge on any atom is -0.466 e. The van der Waals surface area contributed by atoms with Gasteiger partial charge in [0.15, 0.2) is 0 Å². The van der Waals surface area contributed by atoms with Gasteiger partial charge in [0, 0.05) is 6.42 Å². The lowest BCUT2D eigenvalue weighted by molar-refractivity contribution is -0.143. The summed E-state index contributed by atoms with van der Waals surface area (Å²) in [4.78, 5) is 11.3. The van der Waals surface area contributed by atoms with Crippen LogP contribution >= 0.6 is 0 Å². The van der Waals surface area contributed by atoms with Gasteiger partial charge in [0.1, 0.15) is 0 Å². The zero-order valence-corrected chi connectivity index (χ0v) is 17.5. The maximum absolute atomic E-state index is 11.3. The largest absolute Gasteiger partial charge is 0.466 e. The zero-order chi connectivity index (χ0) is 18.4. The summed E-state index contributed by atoms with van der Waals surface area (Å²) < 4.78 is 5.22. The average Bonchev–Trinajstić information content (AvgIpc) is 2.62. The highest BCUT2D eigenvalue weighted by atomic mass is 16.5. The lowest BCUT2D eigenvalue weighted by atomic mass is 10.0. The van der Waals surface area contributed by atoms with E-state index in [0.717, 1.165) is 19.3 Å². The summed E-state index contributed by atoms with van der Waals surface area (Å²) in [6.07, 6.45) is 24.6. The van der Waals surface area contributed by atoms with Crippen molar-refractivity contribution in [3.63, 3.8) is 0 Å². The summed E-state index contributed by atoms with van der Waals surface area (Å²) in [5, 5.41) is 0. The van der Waals surface area contributed by atoms with E-state index in [2.05, 4.69) is 13.8 Å². The van der Waals surface area contributed by atoms with Crippen LogP contribution in [0.2, 0.25) is 0 Å². The number of ether oxygens (including phenoxy) is 1. The van der Waals surface area contributed by atoms with Gasteiger partial charge in [-0.2, -0.15) is 0 Å². The molecular formula is C23H46O2. The Labute approximate surface area is 158 Å². The molecule has 0 rings (SSSR count). The molecule has 2 nitrogen and oxygen atoms in total. The van der Waals surface area contributed by atoms with Gasteiger partial charge in [-0.3, -0.25) is 4.79 Å². The number of hydrogen-bond acceptors (Lipinski definition) is 2. The maximum Gasteiger partial charge on any atom is 0.305 e. The van der Waals surface area contributed by atoms with Crippen molar-refractivity contribution in [3.8, 4) is 0 Å². The fourth-order valence-electron chi connectivity index (χ4n) is 3.23. The number of carbonyl (C=O) groups excluding carboxylic acids is 1. The number of esters is 1. The molecule has 0 unspecified atom stereocenters. The van der Waals surface area contributed by atoms with Crippen LogP contribution in [0.25, 0.3) is 0 Å². The second kappa shape index (κ2) is 21.5. The van der Waals surface area contributed by atoms with Crippen molar-refractivity contribution in [3.05, 3.63) is 0 Å². The number of rotatable bonds is 20. The first-order valence-electron chi connectivity index (χ1n) is 11.5. The van der Waals surface area contributed by atoms with Gasteiger partial charge in [0.2, 0.25) is 0 Å². The molecule has 0 aromatic carbocycles. The van der Waals surface area contributed by atoms with Gasteiger partial charge < -0.3 is 4.74 Å². The van der Waals surface area contributed by atoms with Crippen molar-refractivity contribution in [2.75, 3.05) is 6.61 Å². The standard InChI is InChI=1S/C23H46O2/c1-3-5-7-8-9-10-11-12-13-14-15-16-17-18-19-20-22-25-23(24)21-6-4-2/h3-22H2,1-2H3. The summed E-state index contributed by atoms with van der Waals surface area (Å²) >= 11 is 0. The zero-order valence-electron chi connectivity index (χ0n) is 17.5. The second-order valence-corrected chi connectivity index (χ2v) is 7.63. The molecule has 0 spiro atoms. The summed E-state index contributed by atoms with van der Waals surface area (Å²) in [5.41, 5.74) is 0. The highest BCUT2D eigenvalue weighted by Crippen LogP contribution is 2.13. The topological polar surface area (TPSA) is 26.3 Å². The van der Waals surface area contributed by atoms with Gasteiger partial charge in [-0.15, -0.1) is 0 Å². The third-order valence-electron chi connectivity index (χ3n) is 5.00. The Morgan fingerprint density at radius 1 is 0.520 bits per heavy atom. The fourth-order valence-corrected chi connectivity index (χ4v) is 3.23. The molecule has 0 radical (unpaired) electrons. The van der Waals surface area contributed by atoms with E-state index in [0.29, 0.717) is 13.0 Å². The van der Waals surface area contributed by atoms with E-state index < -0.39 is 0 Å². The SMILES string of the molecule is CCCCCCCCCCCCCCCCCCOC(=O)CCCC. The molecule has 25 heavy (non-hydrogen) atoms. The first kappa shape index (κ1) is 24.5. The van der Waals surface area contributed by atoms with Crippen LogP contribution in [0.1, 0.15) is 136 Å². The summed E-state index contributed by atoms with van der Waals surface area (Å²) in [7, 11) is 0. The molecule has 0 heterocycles. The molecule has 150 valence electrons. The van der Waals surface area contributed by atoms with E-state index in [1.807, 2.05) is 0 Å². The molecule has 0 aliphatic heterocycles. The summed E-state index contributed by atoms with van der Waals surface area (Å²) in [5.74, 6) is -0.0113. The van der Waals surface area contributed by atoms with Crippen molar-refractivity contribution in [1.29, 1.82) is 0 Å². The highest BCUT2D eigenvalue weighted by Gasteiger charge is 2.01. The Hall–Kier alpha value is -0.530. The molecule has 0 bridgehead atoms. The Bertz CT molecular complexity index is 263. The van der Waals surface area contributed by atoms with Crippen LogP contribution in [0.15, 0.2) is 0 Å². The lowest BCUT2D eigenvalue weighted by Gasteiger charge is -2.05. The van der Waals surface area contributed by atoms with Crippen LogP contribution < -0.4 is 0 Å². The van der Waals surface area contributed by atoms with E-state index in [4.69, 9.17) is 4.74 Å². The normalized spacial score (nSPS) is 11.0. The van der Waals surface area contributed by atoms with Crippen LogP contribution in [0.5, 0.6) is 0 Å². The van der Waals surface area contributed by atoms with E-state index >= 15 is 0 Å². The van der Waals surface area contributed by atoms with Crippen molar-refractivity contribution in [1.82, 2.24) is 0 Å². The van der Waals surface area contributed by atoms with Crippen LogP contribution in [-0.2, 0) is 9.53 Å². The molecule has 0 atom stereocenters. The quantitative estimate of drug-likeness (QED) is 0.164. The first-order valence-corrected chi connectivity index (χ1v) is 11.5.